The Kier molecular flexibility index (Phi) is 5.94. The lowest BCUT2D eigenvalue weighted by molar-refractivity contribution is 0.0868. The highest BCUT2D eigenvalue weighted by molar-refractivity contribution is 6.40. The first-order chi connectivity index (χ1) is 18.4. The lowest BCUT2D eigenvalue weighted by atomic mass is 9.81. The van der Waals surface area contributed by atoms with Crippen LogP contribution in [0.2, 0.25) is 10.0 Å². The SMILES string of the molecule is Cc1ccc2c(c1)c(C#N)c1n2C[C@@](NC(=O)c2c(Cl)cc(-n3cnnc3)cc2Cl)(c2ccccc2)CC1. The Morgan fingerprint density at radius 1 is 1.05 bits per heavy atom. The van der Waals surface area contributed by atoms with Crippen molar-refractivity contribution in [3.63, 3.8) is 0 Å². The Bertz CT molecular complexity index is 1710. The maximum absolute atomic E-state index is 13.8. The van der Waals surface area contributed by atoms with E-state index in [-0.39, 0.29) is 21.5 Å². The van der Waals surface area contributed by atoms with E-state index in [9.17, 15) is 10.1 Å². The molecule has 0 spiro atoms. The van der Waals surface area contributed by atoms with Crippen LogP contribution in [0.5, 0.6) is 0 Å². The molecule has 1 atom stereocenters. The predicted molar refractivity (Wildman–Crippen MR) is 147 cm³/mol. The summed E-state index contributed by atoms with van der Waals surface area (Å²) >= 11 is 13.2. The zero-order valence-electron chi connectivity index (χ0n) is 20.4. The molecule has 0 aliphatic carbocycles. The molecule has 0 fully saturated rings. The van der Waals surface area contributed by atoms with Crippen molar-refractivity contribution in [1.29, 1.82) is 5.26 Å². The molecule has 9 heteroatoms. The molecule has 0 unspecified atom stereocenters. The molecule has 6 rings (SSSR count). The molecule has 1 aliphatic heterocycles. The molecule has 0 saturated heterocycles. The molecule has 1 amide bonds. The number of hydrogen-bond donors (Lipinski definition) is 1. The maximum Gasteiger partial charge on any atom is 0.255 e. The zero-order valence-corrected chi connectivity index (χ0v) is 22.0. The lowest BCUT2D eigenvalue weighted by Gasteiger charge is -2.40. The highest BCUT2D eigenvalue weighted by Crippen LogP contribution is 2.40. The Balaban J connectivity index is 1.44. The molecule has 3 aromatic carbocycles. The van der Waals surface area contributed by atoms with E-state index in [0.717, 1.165) is 27.7 Å². The summed E-state index contributed by atoms with van der Waals surface area (Å²) in [6.45, 7) is 2.49. The summed E-state index contributed by atoms with van der Waals surface area (Å²) < 4.78 is 3.83. The molecule has 7 nitrogen and oxygen atoms in total. The van der Waals surface area contributed by atoms with Gasteiger partial charge in [0.2, 0.25) is 0 Å². The molecule has 5 aromatic rings. The number of nitrogens with one attached hydrogen (secondary N) is 1. The molecular formula is C29H22Cl2N6O. The summed E-state index contributed by atoms with van der Waals surface area (Å²) in [4.78, 5) is 13.8. The van der Waals surface area contributed by atoms with Gasteiger partial charge >= 0.3 is 0 Å². The Hall–Kier alpha value is -4.12. The standard InChI is InChI=1S/C29H22Cl2N6O/c1-18-7-8-25-21(11-18)22(14-32)26-9-10-29(15-37(25)26,19-5-3-2-4-6-19)35-28(38)27-23(30)12-20(13-24(27)31)36-16-33-34-17-36/h2-8,11-13,16-17H,9-10,15H2,1H3,(H,35,38)/t29-/m1/s1. The average molecular weight is 541 g/mol. The summed E-state index contributed by atoms with van der Waals surface area (Å²) in [7, 11) is 0. The summed E-state index contributed by atoms with van der Waals surface area (Å²) in [6, 6.07) is 21.8. The number of carbonyl (C=O) groups excluding carboxylic acids is 1. The van der Waals surface area contributed by atoms with Crippen LogP contribution in [-0.2, 0) is 18.5 Å². The minimum absolute atomic E-state index is 0.206. The molecular weight excluding hydrogens is 519 g/mol. The molecule has 0 bridgehead atoms. The minimum Gasteiger partial charge on any atom is -0.341 e. The van der Waals surface area contributed by atoms with E-state index in [1.807, 2.05) is 43.3 Å². The van der Waals surface area contributed by atoms with Gasteiger partial charge in [-0.15, -0.1) is 10.2 Å². The van der Waals surface area contributed by atoms with Crippen molar-refractivity contribution in [2.24, 2.45) is 0 Å². The highest BCUT2D eigenvalue weighted by Gasteiger charge is 2.40. The third kappa shape index (κ3) is 3.94. The lowest BCUT2D eigenvalue weighted by Crippen LogP contribution is -2.51. The van der Waals surface area contributed by atoms with Crippen LogP contribution in [0.25, 0.3) is 16.6 Å². The van der Waals surface area contributed by atoms with Gasteiger partial charge in [-0.05, 0) is 49.6 Å². The van der Waals surface area contributed by atoms with Crippen molar-refractivity contribution < 1.29 is 4.79 Å². The van der Waals surface area contributed by atoms with Crippen molar-refractivity contribution in [2.45, 2.75) is 31.8 Å². The second-order valence-electron chi connectivity index (χ2n) is 9.60. The van der Waals surface area contributed by atoms with E-state index in [2.05, 4.69) is 38.3 Å². The quantitative estimate of drug-likeness (QED) is 0.303. The van der Waals surface area contributed by atoms with Crippen LogP contribution in [0.1, 0.15) is 39.2 Å². The summed E-state index contributed by atoms with van der Waals surface area (Å²) in [5.41, 5.74) is 4.85. The number of nitriles is 1. The van der Waals surface area contributed by atoms with Gasteiger partial charge in [0.05, 0.1) is 38.9 Å². The third-order valence-electron chi connectivity index (χ3n) is 7.31. The summed E-state index contributed by atoms with van der Waals surface area (Å²) in [5.74, 6) is -0.365. The van der Waals surface area contributed by atoms with Crippen LogP contribution in [0.3, 0.4) is 0 Å². The van der Waals surface area contributed by atoms with E-state index in [1.54, 1.807) is 16.7 Å². The molecule has 0 saturated carbocycles. The van der Waals surface area contributed by atoms with Gasteiger partial charge in [-0.3, -0.25) is 9.36 Å². The Labute approximate surface area is 229 Å². The number of nitrogens with zero attached hydrogens (tertiary/aromatic N) is 5. The van der Waals surface area contributed by atoms with Crippen molar-refractivity contribution in [3.8, 4) is 11.8 Å². The van der Waals surface area contributed by atoms with Gasteiger partial charge in [0.15, 0.2) is 0 Å². The van der Waals surface area contributed by atoms with E-state index in [1.165, 1.54) is 12.7 Å². The topological polar surface area (TPSA) is 88.5 Å². The van der Waals surface area contributed by atoms with Crippen molar-refractivity contribution in [2.75, 3.05) is 0 Å². The van der Waals surface area contributed by atoms with Gasteiger partial charge in [0.1, 0.15) is 18.7 Å². The number of rotatable bonds is 4. The predicted octanol–water partition coefficient (Wildman–Crippen LogP) is 5.98. The number of fused-ring (bicyclic) bond motifs is 3. The van der Waals surface area contributed by atoms with Crippen molar-refractivity contribution in [1.82, 2.24) is 24.6 Å². The molecule has 2 aromatic heterocycles. The first-order valence-corrected chi connectivity index (χ1v) is 12.9. The normalized spacial score (nSPS) is 16.7. The molecule has 0 radical (unpaired) electrons. The first-order valence-electron chi connectivity index (χ1n) is 12.1. The fourth-order valence-electron chi connectivity index (χ4n) is 5.47. The van der Waals surface area contributed by atoms with Crippen LogP contribution < -0.4 is 5.32 Å². The average Bonchev–Trinajstić information content (AvgIpc) is 3.55. The van der Waals surface area contributed by atoms with E-state index >= 15 is 0 Å². The monoisotopic (exact) mass is 540 g/mol. The summed E-state index contributed by atoms with van der Waals surface area (Å²) in [5, 5.41) is 22.3. The van der Waals surface area contributed by atoms with Crippen LogP contribution in [-0.4, -0.2) is 25.2 Å². The van der Waals surface area contributed by atoms with E-state index in [4.69, 9.17) is 23.2 Å². The van der Waals surface area contributed by atoms with Crippen molar-refractivity contribution in [3.05, 3.63) is 111 Å². The van der Waals surface area contributed by atoms with Crippen LogP contribution >= 0.6 is 23.2 Å². The van der Waals surface area contributed by atoms with Gasteiger partial charge in [-0.2, -0.15) is 5.26 Å². The van der Waals surface area contributed by atoms with E-state index in [0.29, 0.717) is 30.6 Å². The van der Waals surface area contributed by atoms with Gasteiger partial charge in [0.25, 0.3) is 5.91 Å². The number of carbonyl (C=O) groups is 1. The van der Waals surface area contributed by atoms with Crippen LogP contribution in [0.15, 0.2) is 73.3 Å². The minimum atomic E-state index is -0.742. The molecule has 38 heavy (non-hydrogen) atoms. The molecule has 1 aliphatic rings. The first kappa shape index (κ1) is 24.2. The molecule has 1 N–H and O–H groups in total. The summed E-state index contributed by atoms with van der Waals surface area (Å²) in [6.07, 6.45) is 4.30. The van der Waals surface area contributed by atoms with Gasteiger partial charge in [-0.25, -0.2) is 0 Å². The number of aromatic nitrogens is 4. The largest absolute Gasteiger partial charge is 0.341 e. The smallest absolute Gasteiger partial charge is 0.255 e. The highest BCUT2D eigenvalue weighted by atomic mass is 35.5. The fourth-order valence-corrected chi connectivity index (χ4v) is 6.12. The Morgan fingerprint density at radius 3 is 2.45 bits per heavy atom. The number of aryl methyl sites for hydroxylation is 1. The second kappa shape index (κ2) is 9.32. The van der Waals surface area contributed by atoms with Gasteiger partial charge in [-0.1, -0.05) is 65.2 Å². The third-order valence-corrected chi connectivity index (χ3v) is 7.90. The fraction of sp³-hybridized carbons (Fsp3) is 0.172. The van der Waals surface area contributed by atoms with Gasteiger partial charge < -0.3 is 9.88 Å². The molecule has 188 valence electrons. The van der Waals surface area contributed by atoms with Crippen molar-refractivity contribution >= 4 is 40.0 Å². The zero-order chi connectivity index (χ0) is 26.4. The number of halogens is 2. The van der Waals surface area contributed by atoms with Crippen LogP contribution in [0, 0.1) is 18.3 Å². The van der Waals surface area contributed by atoms with Crippen LogP contribution in [0.4, 0.5) is 0 Å². The maximum atomic E-state index is 13.8. The number of benzene rings is 3. The Morgan fingerprint density at radius 2 is 1.76 bits per heavy atom. The van der Waals surface area contributed by atoms with E-state index < -0.39 is 5.54 Å². The number of amides is 1. The molecule has 3 heterocycles. The second-order valence-corrected chi connectivity index (χ2v) is 10.4. The number of hydrogen-bond acceptors (Lipinski definition) is 4. The van der Waals surface area contributed by atoms with Gasteiger partial charge in [0, 0.05) is 16.6 Å².